The Morgan fingerprint density at radius 2 is 2.09 bits per heavy atom. The molecule has 1 aromatic carbocycles. The van der Waals surface area contributed by atoms with Crippen molar-refractivity contribution in [3.8, 4) is 10.6 Å². The molecule has 2 heterocycles. The van der Waals surface area contributed by atoms with Crippen LogP contribution in [0.1, 0.15) is 16.1 Å². The third-order valence-corrected chi connectivity index (χ3v) is 4.26. The van der Waals surface area contributed by atoms with E-state index in [9.17, 15) is 9.90 Å². The number of hydrogen-bond donors (Lipinski definition) is 1. The van der Waals surface area contributed by atoms with Crippen LogP contribution in [0.5, 0.6) is 0 Å². The lowest BCUT2D eigenvalue weighted by atomic mass is 10.2. The van der Waals surface area contributed by atoms with E-state index in [0.29, 0.717) is 12.2 Å². The Morgan fingerprint density at radius 1 is 1.26 bits per heavy atom. The van der Waals surface area contributed by atoms with E-state index in [0.717, 1.165) is 16.1 Å². The van der Waals surface area contributed by atoms with E-state index < -0.39 is 0 Å². The Labute approximate surface area is 137 Å². The molecule has 5 nitrogen and oxygen atoms in total. The molecule has 0 spiro atoms. The Kier molecular flexibility index (Phi) is 4.85. The van der Waals surface area contributed by atoms with E-state index in [4.69, 9.17) is 4.42 Å². The number of carbonyl (C=O) groups is 1. The van der Waals surface area contributed by atoms with Gasteiger partial charge in [0.25, 0.3) is 5.91 Å². The van der Waals surface area contributed by atoms with Gasteiger partial charge in [0, 0.05) is 24.0 Å². The molecule has 0 unspecified atom stereocenters. The maximum absolute atomic E-state index is 12.7. The summed E-state index contributed by atoms with van der Waals surface area (Å²) in [5.41, 5.74) is 2.25. The minimum absolute atomic E-state index is 0.0860. The van der Waals surface area contributed by atoms with Crippen LogP contribution >= 0.6 is 11.3 Å². The molecule has 23 heavy (non-hydrogen) atoms. The molecule has 0 fully saturated rings. The van der Waals surface area contributed by atoms with Gasteiger partial charge in [-0.25, -0.2) is 4.98 Å². The van der Waals surface area contributed by atoms with E-state index >= 15 is 0 Å². The number of aliphatic hydroxyl groups is 1. The molecule has 2 aromatic heterocycles. The van der Waals surface area contributed by atoms with Crippen LogP contribution in [0.3, 0.4) is 0 Å². The summed E-state index contributed by atoms with van der Waals surface area (Å²) < 4.78 is 5.04. The van der Waals surface area contributed by atoms with Gasteiger partial charge in [0.05, 0.1) is 12.9 Å². The van der Waals surface area contributed by atoms with Gasteiger partial charge in [-0.3, -0.25) is 4.79 Å². The Bertz CT molecular complexity index is 753. The molecule has 0 aliphatic rings. The van der Waals surface area contributed by atoms with Crippen LogP contribution in [0.25, 0.3) is 10.6 Å². The molecule has 0 bridgehead atoms. The van der Waals surface area contributed by atoms with Crippen molar-refractivity contribution < 1.29 is 14.3 Å². The monoisotopic (exact) mass is 328 g/mol. The maximum atomic E-state index is 12.7. The van der Waals surface area contributed by atoms with Gasteiger partial charge in [0.15, 0.2) is 0 Å². The molecule has 0 aliphatic heterocycles. The van der Waals surface area contributed by atoms with Crippen LogP contribution in [0.4, 0.5) is 0 Å². The lowest BCUT2D eigenvalue weighted by Gasteiger charge is -2.20. The lowest BCUT2D eigenvalue weighted by molar-refractivity contribution is 0.0703. The average Bonchev–Trinajstić information content (AvgIpc) is 3.26. The number of nitrogens with zero attached hydrogens (tertiary/aromatic N) is 2. The van der Waals surface area contributed by atoms with E-state index in [2.05, 4.69) is 4.98 Å². The number of amides is 1. The predicted octanol–water partition coefficient (Wildman–Crippen LogP) is 3.04. The molecule has 1 amide bonds. The minimum Gasteiger partial charge on any atom is -0.472 e. The highest BCUT2D eigenvalue weighted by Gasteiger charge is 2.19. The van der Waals surface area contributed by atoms with E-state index in [-0.39, 0.29) is 19.1 Å². The zero-order chi connectivity index (χ0) is 16.1. The number of aromatic nitrogens is 1. The standard InChI is InChI=1S/C17H16N2O3S/c20-8-7-19(10-13-4-2-1-3-5-13)17(21)15-12-23-16(18-15)14-6-9-22-11-14/h1-6,9,11-12,20H,7-8,10H2. The molecule has 0 saturated carbocycles. The topological polar surface area (TPSA) is 66.6 Å². The fourth-order valence-electron chi connectivity index (χ4n) is 2.23. The van der Waals surface area contributed by atoms with Crippen LogP contribution in [-0.4, -0.2) is 34.0 Å². The minimum atomic E-state index is -0.186. The second-order valence-electron chi connectivity index (χ2n) is 4.99. The van der Waals surface area contributed by atoms with Crippen molar-refractivity contribution in [2.45, 2.75) is 6.54 Å². The molecule has 6 heteroatoms. The molecular formula is C17H16N2O3S. The molecular weight excluding hydrogens is 312 g/mol. The molecule has 0 atom stereocenters. The number of thiazole rings is 1. The van der Waals surface area contributed by atoms with Gasteiger partial charge in [-0.2, -0.15) is 0 Å². The fraction of sp³-hybridized carbons (Fsp3) is 0.176. The molecule has 0 saturated heterocycles. The average molecular weight is 328 g/mol. The van der Waals surface area contributed by atoms with Gasteiger partial charge < -0.3 is 14.4 Å². The van der Waals surface area contributed by atoms with Gasteiger partial charge in [-0.1, -0.05) is 30.3 Å². The maximum Gasteiger partial charge on any atom is 0.273 e. The van der Waals surface area contributed by atoms with Crippen molar-refractivity contribution in [1.29, 1.82) is 0 Å². The van der Waals surface area contributed by atoms with E-state index in [1.54, 1.807) is 22.8 Å². The molecule has 1 N–H and O–H groups in total. The summed E-state index contributed by atoms with van der Waals surface area (Å²) in [5, 5.41) is 11.7. The van der Waals surface area contributed by atoms with Gasteiger partial charge in [-0.05, 0) is 11.6 Å². The summed E-state index contributed by atoms with van der Waals surface area (Å²) in [4.78, 5) is 18.6. The zero-order valence-electron chi connectivity index (χ0n) is 12.4. The van der Waals surface area contributed by atoms with Crippen LogP contribution < -0.4 is 0 Å². The Hall–Kier alpha value is -2.44. The molecule has 118 valence electrons. The summed E-state index contributed by atoms with van der Waals surface area (Å²) in [7, 11) is 0. The lowest BCUT2D eigenvalue weighted by Crippen LogP contribution is -2.33. The quantitative estimate of drug-likeness (QED) is 0.755. The third kappa shape index (κ3) is 3.67. The number of furan rings is 1. The van der Waals surface area contributed by atoms with Crippen molar-refractivity contribution in [1.82, 2.24) is 9.88 Å². The van der Waals surface area contributed by atoms with Gasteiger partial charge in [0.1, 0.15) is 17.0 Å². The summed E-state index contributed by atoms with van der Waals surface area (Å²) in [6.07, 6.45) is 3.17. The first-order valence-corrected chi connectivity index (χ1v) is 8.08. The first kappa shape index (κ1) is 15.5. The first-order valence-electron chi connectivity index (χ1n) is 7.20. The van der Waals surface area contributed by atoms with Crippen LogP contribution in [0, 0.1) is 0 Å². The van der Waals surface area contributed by atoms with Crippen molar-refractivity contribution in [2.24, 2.45) is 0 Å². The largest absolute Gasteiger partial charge is 0.472 e. The first-order chi connectivity index (χ1) is 11.3. The highest BCUT2D eigenvalue weighted by Crippen LogP contribution is 2.24. The second-order valence-corrected chi connectivity index (χ2v) is 5.84. The predicted molar refractivity (Wildman–Crippen MR) is 88.1 cm³/mol. The summed E-state index contributed by atoms with van der Waals surface area (Å²) in [5.74, 6) is -0.186. The summed E-state index contributed by atoms with van der Waals surface area (Å²) in [6.45, 7) is 0.627. The van der Waals surface area contributed by atoms with Gasteiger partial charge >= 0.3 is 0 Å². The highest BCUT2D eigenvalue weighted by atomic mass is 32.1. The van der Waals surface area contributed by atoms with Crippen molar-refractivity contribution in [3.05, 3.63) is 65.6 Å². The normalized spacial score (nSPS) is 10.7. The summed E-state index contributed by atoms with van der Waals surface area (Å²) in [6, 6.07) is 11.5. The van der Waals surface area contributed by atoms with Crippen LogP contribution in [0.2, 0.25) is 0 Å². The molecule has 3 rings (SSSR count). The Balaban J connectivity index is 1.78. The number of benzene rings is 1. The van der Waals surface area contributed by atoms with E-state index in [1.165, 1.54) is 11.3 Å². The summed E-state index contributed by atoms with van der Waals surface area (Å²) >= 11 is 1.40. The number of hydrogen-bond acceptors (Lipinski definition) is 5. The van der Waals surface area contributed by atoms with Gasteiger partial charge in [0.2, 0.25) is 0 Å². The molecule has 3 aromatic rings. The molecule has 0 radical (unpaired) electrons. The SMILES string of the molecule is O=C(c1csc(-c2ccoc2)n1)N(CCO)Cc1ccccc1. The van der Waals surface area contributed by atoms with Crippen LogP contribution in [0.15, 0.2) is 58.7 Å². The van der Waals surface area contributed by atoms with Gasteiger partial charge in [-0.15, -0.1) is 11.3 Å². The highest BCUT2D eigenvalue weighted by molar-refractivity contribution is 7.13. The second kappa shape index (κ2) is 7.21. The number of carbonyl (C=O) groups excluding carboxylic acids is 1. The van der Waals surface area contributed by atoms with Crippen molar-refractivity contribution in [2.75, 3.05) is 13.2 Å². The fourth-order valence-corrected chi connectivity index (χ4v) is 3.01. The zero-order valence-corrected chi connectivity index (χ0v) is 13.2. The van der Waals surface area contributed by atoms with Crippen molar-refractivity contribution in [3.63, 3.8) is 0 Å². The molecule has 0 aliphatic carbocycles. The van der Waals surface area contributed by atoms with E-state index in [1.807, 2.05) is 36.4 Å². The Morgan fingerprint density at radius 3 is 2.78 bits per heavy atom. The number of aliphatic hydroxyl groups excluding tert-OH is 1. The van der Waals surface area contributed by atoms with Crippen LogP contribution in [-0.2, 0) is 6.54 Å². The number of rotatable bonds is 6. The third-order valence-electron chi connectivity index (χ3n) is 3.36. The van der Waals surface area contributed by atoms with Crippen molar-refractivity contribution >= 4 is 17.2 Å². The smallest absolute Gasteiger partial charge is 0.273 e.